The summed E-state index contributed by atoms with van der Waals surface area (Å²) in [7, 11) is -1.60. The Bertz CT molecular complexity index is 1240. The first-order chi connectivity index (χ1) is 16.1. The largest absolute Gasteiger partial charge is 0.390 e. The van der Waals surface area contributed by atoms with Crippen LogP contribution in [0.15, 0.2) is 65.6 Å². The molecule has 0 aromatic heterocycles. The average molecular weight is 504 g/mol. The van der Waals surface area contributed by atoms with Gasteiger partial charge in [0, 0.05) is 42.5 Å². The van der Waals surface area contributed by atoms with Gasteiger partial charge in [-0.25, -0.2) is 8.42 Å². The molecule has 0 radical (unpaired) electrons. The van der Waals surface area contributed by atoms with Crippen LogP contribution in [0.3, 0.4) is 0 Å². The highest BCUT2D eigenvalue weighted by Crippen LogP contribution is 2.23. The smallest absolute Gasteiger partial charge is 0.191 e. The summed E-state index contributed by atoms with van der Waals surface area (Å²) in [6, 6.07) is 17.5. The van der Waals surface area contributed by atoms with Gasteiger partial charge in [0.1, 0.15) is 11.7 Å². The van der Waals surface area contributed by atoms with Crippen LogP contribution < -0.4 is 16.4 Å². The van der Waals surface area contributed by atoms with Crippen molar-refractivity contribution in [3.8, 4) is 0 Å². The van der Waals surface area contributed by atoms with Crippen LogP contribution in [0.5, 0.6) is 0 Å². The molecule has 182 valence electrons. The number of sulfone groups is 1. The van der Waals surface area contributed by atoms with E-state index in [9.17, 15) is 13.5 Å². The van der Waals surface area contributed by atoms with Crippen molar-refractivity contribution in [3.63, 3.8) is 0 Å². The molecule has 0 amide bonds. The van der Waals surface area contributed by atoms with Crippen LogP contribution in [0.25, 0.3) is 10.8 Å². The number of halogens is 1. The highest BCUT2D eigenvalue weighted by molar-refractivity contribution is 7.91. The summed E-state index contributed by atoms with van der Waals surface area (Å²) < 4.78 is 25.3. The second kappa shape index (κ2) is 11.6. The van der Waals surface area contributed by atoms with Crippen molar-refractivity contribution in [2.75, 3.05) is 44.4 Å². The van der Waals surface area contributed by atoms with Crippen molar-refractivity contribution in [2.45, 2.75) is 11.0 Å². The minimum Gasteiger partial charge on any atom is -0.390 e. The number of nitrogens with zero attached hydrogens (tertiary/aromatic N) is 1. The summed E-state index contributed by atoms with van der Waals surface area (Å²) in [6.07, 6.45) is -0.604. The van der Waals surface area contributed by atoms with E-state index in [4.69, 9.17) is 22.7 Å². The Balaban J connectivity index is 1.39. The number of amidine groups is 1. The predicted molar refractivity (Wildman–Crippen MR) is 138 cm³/mol. The first-order valence-corrected chi connectivity index (χ1v) is 12.8. The number of likely N-dealkylation sites (N-methyl/N-ethyl adjacent to an activating group) is 1. The Hall–Kier alpha value is -2.69. The summed E-state index contributed by atoms with van der Waals surface area (Å²) >= 11 is 5.99. The number of nitrogen functional groups attached to an aromatic ring is 1. The number of benzene rings is 3. The number of aliphatic hydroxyl groups excluding tert-OH is 1. The van der Waals surface area contributed by atoms with Gasteiger partial charge in [-0.05, 0) is 66.4 Å². The number of nitrogens with one attached hydrogen (secondary N) is 3. The summed E-state index contributed by atoms with van der Waals surface area (Å²) in [5.74, 6) is -0.155. The van der Waals surface area contributed by atoms with Gasteiger partial charge in [-0.15, -0.1) is 0 Å². The minimum atomic E-state index is -3.47. The molecule has 0 saturated heterocycles. The first-order valence-electron chi connectivity index (χ1n) is 10.8. The van der Waals surface area contributed by atoms with Crippen molar-refractivity contribution < 1.29 is 13.5 Å². The summed E-state index contributed by atoms with van der Waals surface area (Å²) in [5, 5.41) is 26.1. The Morgan fingerprint density at radius 2 is 1.79 bits per heavy atom. The molecule has 0 spiro atoms. The lowest BCUT2D eigenvalue weighted by molar-refractivity contribution is 0.136. The molecular weight excluding hydrogens is 474 g/mol. The van der Waals surface area contributed by atoms with E-state index < -0.39 is 15.9 Å². The number of anilines is 1. The fraction of sp³-hybridized carbons (Fsp3) is 0.292. The molecule has 0 aliphatic rings. The summed E-state index contributed by atoms with van der Waals surface area (Å²) in [4.78, 5) is 2.20. The number of hydrogen-bond donors (Lipinski definition) is 5. The molecular formula is C24H30ClN5O3S. The molecule has 34 heavy (non-hydrogen) atoms. The molecule has 10 heteroatoms. The maximum Gasteiger partial charge on any atom is 0.191 e. The molecule has 3 aromatic rings. The average Bonchev–Trinajstić information content (AvgIpc) is 2.80. The SMILES string of the molecule is CN(CCNCS(=O)(=O)c1ccc2cc(Cl)ccc2c1)CC(O)CNc1ccc(C(=N)N)cc1. The normalized spacial score (nSPS) is 12.7. The van der Waals surface area contributed by atoms with Crippen LogP contribution in [0, 0.1) is 5.41 Å². The molecule has 3 aromatic carbocycles. The van der Waals surface area contributed by atoms with Crippen LogP contribution in [0.2, 0.25) is 5.02 Å². The Morgan fingerprint density at radius 1 is 1.12 bits per heavy atom. The quantitative estimate of drug-likeness (QED) is 0.146. The number of rotatable bonds is 12. The van der Waals surface area contributed by atoms with Crippen molar-refractivity contribution >= 4 is 43.7 Å². The molecule has 8 nitrogen and oxygen atoms in total. The predicted octanol–water partition coefficient (Wildman–Crippen LogP) is 2.50. The number of hydrogen-bond acceptors (Lipinski definition) is 7. The number of aliphatic hydroxyl groups is 1. The molecule has 0 bridgehead atoms. The monoisotopic (exact) mass is 503 g/mol. The van der Waals surface area contributed by atoms with Crippen LogP contribution in [0.1, 0.15) is 5.56 Å². The molecule has 0 heterocycles. The number of nitrogens with two attached hydrogens (primary N) is 1. The Morgan fingerprint density at radius 3 is 2.50 bits per heavy atom. The van der Waals surface area contributed by atoms with E-state index in [0.717, 1.165) is 16.5 Å². The van der Waals surface area contributed by atoms with E-state index in [2.05, 4.69) is 10.6 Å². The molecule has 1 unspecified atom stereocenters. The van der Waals surface area contributed by atoms with Crippen LogP contribution in [-0.2, 0) is 9.84 Å². The van der Waals surface area contributed by atoms with Crippen LogP contribution in [-0.4, -0.2) is 69.5 Å². The maximum atomic E-state index is 12.7. The fourth-order valence-corrected chi connectivity index (χ4v) is 4.81. The topological polar surface area (TPSA) is 132 Å². The van der Waals surface area contributed by atoms with Gasteiger partial charge in [-0.2, -0.15) is 0 Å². The second-order valence-electron chi connectivity index (χ2n) is 8.20. The summed E-state index contributed by atoms with van der Waals surface area (Å²) in [6.45, 7) is 1.83. The third-order valence-corrected chi connectivity index (χ3v) is 7.15. The molecule has 0 aliphatic heterocycles. The van der Waals surface area contributed by atoms with Crippen molar-refractivity contribution in [3.05, 3.63) is 71.2 Å². The van der Waals surface area contributed by atoms with Crippen molar-refractivity contribution in [2.24, 2.45) is 5.73 Å². The lowest BCUT2D eigenvalue weighted by Crippen LogP contribution is -2.38. The number of fused-ring (bicyclic) bond motifs is 1. The second-order valence-corrected chi connectivity index (χ2v) is 10.6. The van der Waals surface area contributed by atoms with E-state index >= 15 is 0 Å². The van der Waals surface area contributed by atoms with Crippen molar-refractivity contribution in [1.82, 2.24) is 10.2 Å². The molecule has 0 aliphatic carbocycles. The first kappa shape index (κ1) is 25.9. The third kappa shape index (κ3) is 7.41. The zero-order valence-corrected chi connectivity index (χ0v) is 20.5. The zero-order chi connectivity index (χ0) is 24.7. The maximum absolute atomic E-state index is 12.7. The molecule has 3 rings (SSSR count). The van der Waals surface area contributed by atoms with Gasteiger partial charge in [0.25, 0.3) is 0 Å². The summed E-state index contributed by atoms with van der Waals surface area (Å²) in [5.41, 5.74) is 6.92. The lowest BCUT2D eigenvalue weighted by atomic mass is 10.1. The van der Waals surface area contributed by atoms with Gasteiger partial charge < -0.3 is 26.4 Å². The van der Waals surface area contributed by atoms with Gasteiger partial charge in [-0.1, -0.05) is 23.7 Å². The standard InChI is InChI=1S/C24H30ClN5O3S/c1-30(15-22(31)14-29-21-7-3-17(4-8-21)24(26)27)11-10-28-16-34(32,33)23-9-5-18-12-20(25)6-2-19(18)13-23/h2-9,12-13,22,28-29,31H,10-11,14-16H2,1H3,(H3,26,27). The van der Waals surface area contributed by atoms with E-state index in [-0.39, 0.29) is 16.6 Å². The zero-order valence-electron chi connectivity index (χ0n) is 19.0. The molecule has 6 N–H and O–H groups in total. The highest BCUT2D eigenvalue weighted by atomic mass is 35.5. The van der Waals surface area contributed by atoms with Gasteiger partial charge in [-0.3, -0.25) is 5.41 Å². The minimum absolute atomic E-state index is 0.0113. The van der Waals surface area contributed by atoms with E-state index in [0.29, 0.717) is 36.8 Å². The van der Waals surface area contributed by atoms with Crippen LogP contribution in [0.4, 0.5) is 5.69 Å². The molecule has 0 saturated carbocycles. The highest BCUT2D eigenvalue weighted by Gasteiger charge is 2.15. The fourth-order valence-electron chi connectivity index (χ4n) is 3.47. The van der Waals surface area contributed by atoms with Gasteiger partial charge >= 0.3 is 0 Å². The van der Waals surface area contributed by atoms with Crippen LogP contribution >= 0.6 is 11.6 Å². The molecule has 0 fully saturated rings. The van der Waals surface area contributed by atoms with Gasteiger partial charge in [0.2, 0.25) is 0 Å². The third-order valence-electron chi connectivity index (χ3n) is 5.36. The van der Waals surface area contributed by atoms with Gasteiger partial charge in [0.05, 0.1) is 11.0 Å². The van der Waals surface area contributed by atoms with Gasteiger partial charge in [0.15, 0.2) is 9.84 Å². The Labute approximate surface area is 205 Å². The van der Waals surface area contributed by atoms with E-state index in [1.54, 1.807) is 48.5 Å². The Kier molecular flexibility index (Phi) is 8.87. The van der Waals surface area contributed by atoms with E-state index in [1.165, 1.54) is 0 Å². The molecule has 1 atom stereocenters. The van der Waals surface area contributed by atoms with E-state index in [1.807, 2.05) is 24.1 Å². The van der Waals surface area contributed by atoms with Crippen molar-refractivity contribution in [1.29, 1.82) is 5.41 Å². The lowest BCUT2D eigenvalue weighted by Gasteiger charge is -2.21.